The fourth-order valence-electron chi connectivity index (χ4n) is 3.12. The Hall–Kier alpha value is -0.600. The summed E-state index contributed by atoms with van der Waals surface area (Å²) in [5.41, 5.74) is 1.31. The molecule has 1 nitrogen and oxygen atoms in total. The van der Waals surface area contributed by atoms with Crippen LogP contribution in [0.15, 0.2) is 24.3 Å². The zero-order chi connectivity index (χ0) is 11.2. The van der Waals surface area contributed by atoms with Gasteiger partial charge in [-0.1, -0.05) is 12.1 Å². The van der Waals surface area contributed by atoms with Gasteiger partial charge in [-0.2, -0.15) is 0 Å². The topological polar surface area (TPSA) is 20.2 Å². The van der Waals surface area contributed by atoms with E-state index in [-0.39, 0.29) is 18.2 Å². The van der Waals surface area contributed by atoms with E-state index in [4.69, 9.17) is 0 Å². The van der Waals surface area contributed by atoms with Crippen LogP contribution in [-0.2, 0) is 0 Å². The maximum absolute atomic E-state index is 13.1. The van der Waals surface area contributed by atoms with Gasteiger partial charge in [0.25, 0.3) is 0 Å². The smallest absolute Gasteiger partial charge is 0.123 e. The molecular formula is C14H18ClFO. The van der Waals surface area contributed by atoms with Crippen molar-refractivity contribution in [3.8, 4) is 0 Å². The summed E-state index contributed by atoms with van der Waals surface area (Å²) in [6.45, 7) is 0. The molecule has 1 spiro atoms. The van der Waals surface area contributed by atoms with E-state index >= 15 is 0 Å². The molecule has 0 amide bonds. The molecule has 0 saturated heterocycles. The van der Waals surface area contributed by atoms with Crippen LogP contribution in [0.4, 0.5) is 4.39 Å². The number of aliphatic hydroxyl groups excluding tert-OH is 1. The van der Waals surface area contributed by atoms with Crippen LogP contribution in [0, 0.1) is 17.2 Å². The van der Waals surface area contributed by atoms with E-state index in [1.54, 1.807) is 6.07 Å². The lowest BCUT2D eigenvalue weighted by Crippen LogP contribution is -2.10. The first-order valence-corrected chi connectivity index (χ1v) is 6.12. The summed E-state index contributed by atoms with van der Waals surface area (Å²) in [6, 6.07) is 6.39. The van der Waals surface area contributed by atoms with Crippen molar-refractivity contribution in [1.82, 2.24) is 0 Å². The van der Waals surface area contributed by atoms with Crippen molar-refractivity contribution in [1.29, 1.82) is 0 Å². The highest BCUT2D eigenvalue weighted by atomic mass is 35.5. The molecule has 3 heteroatoms. The molecule has 0 aromatic heterocycles. The highest BCUT2D eigenvalue weighted by Crippen LogP contribution is 2.61. The van der Waals surface area contributed by atoms with Crippen molar-refractivity contribution in [2.45, 2.75) is 38.2 Å². The van der Waals surface area contributed by atoms with Gasteiger partial charge in [0.1, 0.15) is 5.82 Å². The van der Waals surface area contributed by atoms with E-state index in [0.29, 0.717) is 11.3 Å². The summed E-state index contributed by atoms with van der Waals surface area (Å²) in [4.78, 5) is 0. The number of hydrogen-bond acceptors (Lipinski definition) is 1. The van der Waals surface area contributed by atoms with Crippen molar-refractivity contribution >= 4 is 12.4 Å². The Morgan fingerprint density at radius 3 is 2.65 bits per heavy atom. The molecule has 17 heavy (non-hydrogen) atoms. The first-order valence-electron chi connectivity index (χ1n) is 6.12. The Bertz CT molecular complexity index is 403. The normalized spacial score (nSPS) is 26.6. The Morgan fingerprint density at radius 1 is 1.29 bits per heavy atom. The second kappa shape index (κ2) is 4.58. The standard InChI is InChI=1S/C14H17FO.ClH/c15-12-3-1-2-10(8-12)13(16)11-4-5-14(9-11)6-7-14;/h1-3,8,11,13,16H,4-7,9H2;1H/t11-,13+;/m0./s1. The number of halogens is 2. The average Bonchev–Trinajstić information content (AvgIpc) is 2.88. The lowest BCUT2D eigenvalue weighted by Gasteiger charge is -2.18. The Balaban J connectivity index is 0.00000108. The Labute approximate surface area is 107 Å². The van der Waals surface area contributed by atoms with Crippen LogP contribution in [-0.4, -0.2) is 5.11 Å². The molecule has 0 bridgehead atoms. The molecule has 2 atom stereocenters. The van der Waals surface area contributed by atoms with E-state index in [9.17, 15) is 9.50 Å². The summed E-state index contributed by atoms with van der Waals surface area (Å²) < 4.78 is 13.1. The van der Waals surface area contributed by atoms with Crippen LogP contribution in [0.5, 0.6) is 0 Å². The fraction of sp³-hybridized carbons (Fsp3) is 0.571. The second-order valence-electron chi connectivity index (χ2n) is 5.50. The van der Waals surface area contributed by atoms with E-state index in [0.717, 1.165) is 18.4 Å². The van der Waals surface area contributed by atoms with Crippen LogP contribution in [0.25, 0.3) is 0 Å². The van der Waals surface area contributed by atoms with Gasteiger partial charge in [0.05, 0.1) is 6.10 Å². The van der Waals surface area contributed by atoms with E-state index in [2.05, 4.69) is 0 Å². The van der Waals surface area contributed by atoms with Crippen molar-refractivity contribution in [2.75, 3.05) is 0 Å². The highest BCUT2D eigenvalue weighted by molar-refractivity contribution is 5.85. The van der Waals surface area contributed by atoms with E-state index in [1.165, 1.54) is 31.4 Å². The van der Waals surface area contributed by atoms with Gasteiger partial charge in [-0.3, -0.25) is 0 Å². The second-order valence-corrected chi connectivity index (χ2v) is 5.50. The van der Waals surface area contributed by atoms with Crippen molar-refractivity contribution in [2.24, 2.45) is 11.3 Å². The number of benzene rings is 1. The van der Waals surface area contributed by atoms with Gasteiger partial charge in [-0.15, -0.1) is 12.4 Å². The maximum Gasteiger partial charge on any atom is 0.123 e. The van der Waals surface area contributed by atoms with Gasteiger partial charge in [0.15, 0.2) is 0 Å². The minimum absolute atomic E-state index is 0. The van der Waals surface area contributed by atoms with Crippen LogP contribution < -0.4 is 0 Å². The summed E-state index contributed by atoms with van der Waals surface area (Å²) >= 11 is 0. The molecule has 1 N–H and O–H groups in total. The monoisotopic (exact) mass is 256 g/mol. The van der Waals surface area contributed by atoms with Crippen molar-refractivity contribution in [3.63, 3.8) is 0 Å². The van der Waals surface area contributed by atoms with E-state index < -0.39 is 6.10 Å². The molecule has 3 rings (SSSR count). The average molecular weight is 257 g/mol. The molecule has 0 aliphatic heterocycles. The van der Waals surface area contributed by atoms with Gasteiger partial charge in [-0.25, -0.2) is 4.39 Å². The predicted molar refractivity (Wildman–Crippen MR) is 67.6 cm³/mol. The Kier molecular flexibility index (Phi) is 3.46. The van der Waals surface area contributed by atoms with Crippen molar-refractivity contribution < 1.29 is 9.50 Å². The van der Waals surface area contributed by atoms with E-state index in [1.807, 2.05) is 6.07 Å². The van der Waals surface area contributed by atoms with Crippen LogP contribution in [0.1, 0.15) is 43.8 Å². The first-order chi connectivity index (χ1) is 7.69. The summed E-state index contributed by atoms with van der Waals surface area (Å²) in [5.74, 6) is 0.0833. The van der Waals surface area contributed by atoms with Crippen LogP contribution in [0.3, 0.4) is 0 Å². The molecule has 2 aliphatic carbocycles. The highest BCUT2D eigenvalue weighted by Gasteiger charge is 2.49. The minimum Gasteiger partial charge on any atom is -0.388 e. The van der Waals surface area contributed by atoms with Gasteiger partial charge in [0.2, 0.25) is 0 Å². The van der Waals surface area contributed by atoms with Gasteiger partial charge < -0.3 is 5.11 Å². The molecule has 94 valence electrons. The van der Waals surface area contributed by atoms with Gasteiger partial charge >= 0.3 is 0 Å². The third-order valence-electron chi connectivity index (χ3n) is 4.33. The van der Waals surface area contributed by atoms with Gasteiger partial charge in [-0.05, 0) is 61.1 Å². The number of hydrogen-bond donors (Lipinski definition) is 1. The lowest BCUT2D eigenvalue weighted by molar-refractivity contribution is 0.108. The quantitative estimate of drug-likeness (QED) is 0.852. The maximum atomic E-state index is 13.1. The predicted octanol–water partition coefficient (Wildman–Crippen LogP) is 3.86. The fourth-order valence-corrected chi connectivity index (χ4v) is 3.12. The van der Waals surface area contributed by atoms with Crippen LogP contribution in [0.2, 0.25) is 0 Å². The number of aliphatic hydroxyl groups is 1. The summed E-state index contributed by atoms with van der Waals surface area (Å²) in [6.07, 6.45) is 5.67. The van der Waals surface area contributed by atoms with Crippen LogP contribution >= 0.6 is 12.4 Å². The Morgan fingerprint density at radius 2 is 2.06 bits per heavy atom. The molecule has 2 aliphatic rings. The third kappa shape index (κ3) is 2.48. The molecule has 1 aromatic carbocycles. The zero-order valence-electron chi connectivity index (χ0n) is 9.73. The molecule has 2 fully saturated rings. The molecule has 2 saturated carbocycles. The first kappa shape index (κ1) is 12.8. The zero-order valence-corrected chi connectivity index (χ0v) is 10.5. The largest absolute Gasteiger partial charge is 0.388 e. The summed E-state index contributed by atoms with van der Waals surface area (Å²) in [5, 5.41) is 10.2. The molecule has 0 heterocycles. The molecule has 0 unspecified atom stereocenters. The third-order valence-corrected chi connectivity index (χ3v) is 4.33. The lowest BCUT2D eigenvalue weighted by atomic mass is 9.93. The molecule has 0 radical (unpaired) electrons. The molecular weight excluding hydrogens is 239 g/mol. The molecule has 1 aromatic rings. The van der Waals surface area contributed by atoms with Gasteiger partial charge in [0, 0.05) is 0 Å². The minimum atomic E-state index is -0.476. The summed E-state index contributed by atoms with van der Waals surface area (Å²) in [7, 11) is 0. The SMILES string of the molecule is Cl.O[C@H](c1cccc(F)c1)[C@H]1CCC2(CC2)C1. The van der Waals surface area contributed by atoms with Crippen molar-refractivity contribution in [3.05, 3.63) is 35.6 Å². The number of rotatable bonds is 2.